The SMILES string of the molecule is COC(=O)C(C)=CCS. The summed E-state index contributed by atoms with van der Waals surface area (Å²) in [6, 6.07) is 0. The Hall–Kier alpha value is -0.440. The van der Waals surface area contributed by atoms with Gasteiger partial charge in [-0.2, -0.15) is 12.6 Å². The van der Waals surface area contributed by atoms with Crippen LogP contribution >= 0.6 is 12.6 Å². The highest BCUT2D eigenvalue weighted by Gasteiger charge is 1.99. The molecule has 0 aromatic heterocycles. The Balaban J connectivity index is 3.86. The van der Waals surface area contributed by atoms with Gasteiger partial charge < -0.3 is 4.74 Å². The average Bonchev–Trinajstić information content (AvgIpc) is 1.87. The van der Waals surface area contributed by atoms with Crippen LogP contribution in [-0.4, -0.2) is 18.8 Å². The lowest BCUT2D eigenvalue weighted by atomic mass is 10.3. The third-order valence-electron chi connectivity index (χ3n) is 0.905. The standard InChI is InChI=1S/C6H10O2S/c1-5(3-4-9)6(7)8-2/h3,9H,4H2,1-2H3. The van der Waals surface area contributed by atoms with E-state index < -0.39 is 0 Å². The molecule has 9 heavy (non-hydrogen) atoms. The van der Waals surface area contributed by atoms with Crippen LogP contribution in [0, 0.1) is 0 Å². The highest BCUT2D eigenvalue weighted by Crippen LogP contribution is 1.94. The molecule has 3 heteroatoms. The zero-order valence-corrected chi connectivity index (χ0v) is 6.44. The number of rotatable bonds is 2. The molecule has 52 valence electrons. The molecular weight excluding hydrogens is 136 g/mol. The van der Waals surface area contributed by atoms with Crippen molar-refractivity contribution >= 4 is 18.6 Å². The fraction of sp³-hybridized carbons (Fsp3) is 0.500. The number of thiol groups is 1. The highest BCUT2D eigenvalue weighted by atomic mass is 32.1. The van der Waals surface area contributed by atoms with Crippen molar-refractivity contribution in [3.05, 3.63) is 11.6 Å². The van der Waals surface area contributed by atoms with Gasteiger partial charge in [-0.1, -0.05) is 6.08 Å². The van der Waals surface area contributed by atoms with Gasteiger partial charge >= 0.3 is 5.97 Å². The number of hydrogen-bond acceptors (Lipinski definition) is 3. The monoisotopic (exact) mass is 146 g/mol. The third-order valence-corrected chi connectivity index (χ3v) is 1.09. The summed E-state index contributed by atoms with van der Waals surface area (Å²) in [5, 5.41) is 0. The van der Waals surface area contributed by atoms with Crippen molar-refractivity contribution in [1.29, 1.82) is 0 Å². The van der Waals surface area contributed by atoms with Crippen LogP contribution in [0.1, 0.15) is 6.92 Å². The molecule has 0 aromatic rings. The fourth-order valence-electron chi connectivity index (χ4n) is 0.381. The molecule has 0 N–H and O–H groups in total. The normalized spacial score (nSPS) is 11.2. The molecule has 0 heterocycles. The smallest absolute Gasteiger partial charge is 0.333 e. The number of carbonyl (C=O) groups is 1. The minimum atomic E-state index is -0.288. The second-order valence-corrected chi connectivity index (χ2v) is 1.93. The Morgan fingerprint density at radius 3 is 2.67 bits per heavy atom. The summed E-state index contributed by atoms with van der Waals surface area (Å²) >= 11 is 3.91. The molecule has 0 unspecified atom stereocenters. The quantitative estimate of drug-likeness (QED) is 0.358. The van der Waals surface area contributed by atoms with E-state index in [4.69, 9.17) is 0 Å². The average molecular weight is 146 g/mol. The van der Waals surface area contributed by atoms with Crippen LogP contribution in [0.15, 0.2) is 11.6 Å². The summed E-state index contributed by atoms with van der Waals surface area (Å²) in [6.45, 7) is 1.70. The van der Waals surface area contributed by atoms with Crippen LogP contribution in [0.25, 0.3) is 0 Å². The van der Waals surface area contributed by atoms with Gasteiger partial charge in [0.25, 0.3) is 0 Å². The summed E-state index contributed by atoms with van der Waals surface area (Å²) in [6.07, 6.45) is 1.70. The van der Waals surface area contributed by atoms with Crippen LogP contribution in [0.5, 0.6) is 0 Å². The van der Waals surface area contributed by atoms with Crippen molar-refractivity contribution in [2.45, 2.75) is 6.92 Å². The molecule has 0 aliphatic carbocycles. The maximum Gasteiger partial charge on any atom is 0.333 e. The summed E-state index contributed by atoms with van der Waals surface area (Å²) in [5.41, 5.74) is 0.604. The van der Waals surface area contributed by atoms with Gasteiger partial charge in [0, 0.05) is 11.3 Å². The predicted octanol–water partition coefficient (Wildman–Crippen LogP) is 1.04. The van der Waals surface area contributed by atoms with Crippen molar-refractivity contribution < 1.29 is 9.53 Å². The second-order valence-electron chi connectivity index (χ2n) is 1.56. The van der Waals surface area contributed by atoms with Crippen LogP contribution in [0.4, 0.5) is 0 Å². The lowest BCUT2D eigenvalue weighted by Crippen LogP contribution is -2.01. The molecular formula is C6H10O2S. The van der Waals surface area contributed by atoms with E-state index in [1.165, 1.54) is 7.11 Å². The molecule has 0 aliphatic heterocycles. The van der Waals surface area contributed by atoms with Crippen molar-refractivity contribution in [3.63, 3.8) is 0 Å². The summed E-state index contributed by atoms with van der Waals surface area (Å²) in [4.78, 5) is 10.6. The predicted molar refractivity (Wildman–Crippen MR) is 39.6 cm³/mol. The van der Waals surface area contributed by atoms with Crippen molar-refractivity contribution in [2.24, 2.45) is 0 Å². The van der Waals surface area contributed by atoms with Crippen molar-refractivity contribution in [3.8, 4) is 0 Å². The lowest BCUT2D eigenvalue weighted by Gasteiger charge is -1.95. The first-order chi connectivity index (χ1) is 4.22. The molecule has 0 saturated heterocycles. The first-order valence-electron chi connectivity index (χ1n) is 2.58. The minimum Gasteiger partial charge on any atom is -0.466 e. The number of carbonyl (C=O) groups excluding carboxylic acids is 1. The molecule has 0 amide bonds. The van der Waals surface area contributed by atoms with Gasteiger partial charge in [0.15, 0.2) is 0 Å². The molecule has 0 aliphatic rings. The Morgan fingerprint density at radius 1 is 1.78 bits per heavy atom. The Morgan fingerprint density at radius 2 is 2.33 bits per heavy atom. The van der Waals surface area contributed by atoms with Gasteiger partial charge in [0.05, 0.1) is 7.11 Å². The Labute approximate surface area is 60.3 Å². The van der Waals surface area contributed by atoms with E-state index in [0.717, 1.165) is 0 Å². The van der Waals surface area contributed by atoms with Crippen LogP contribution in [0.3, 0.4) is 0 Å². The van der Waals surface area contributed by atoms with Crippen molar-refractivity contribution in [1.82, 2.24) is 0 Å². The fourth-order valence-corrected chi connectivity index (χ4v) is 0.655. The summed E-state index contributed by atoms with van der Waals surface area (Å²) < 4.78 is 4.42. The lowest BCUT2D eigenvalue weighted by molar-refractivity contribution is -0.136. The topological polar surface area (TPSA) is 26.3 Å². The third kappa shape index (κ3) is 3.19. The van der Waals surface area contributed by atoms with E-state index in [2.05, 4.69) is 17.4 Å². The van der Waals surface area contributed by atoms with E-state index in [1.807, 2.05) is 0 Å². The minimum absolute atomic E-state index is 0.288. The number of hydrogen-bond donors (Lipinski definition) is 1. The molecule has 0 atom stereocenters. The highest BCUT2D eigenvalue weighted by molar-refractivity contribution is 7.80. The summed E-state index contributed by atoms with van der Waals surface area (Å²) in [7, 11) is 1.36. The van der Waals surface area contributed by atoms with E-state index in [9.17, 15) is 4.79 Å². The molecule has 0 rings (SSSR count). The molecule has 0 radical (unpaired) electrons. The van der Waals surface area contributed by atoms with Gasteiger partial charge in [-0.3, -0.25) is 0 Å². The molecule has 0 aromatic carbocycles. The Bertz CT molecular complexity index is 129. The zero-order chi connectivity index (χ0) is 7.28. The number of methoxy groups -OCH3 is 1. The second kappa shape index (κ2) is 4.44. The zero-order valence-electron chi connectivity index (χ0n) is 5.55. The molecule has 0 spiro atoms. The van der Waals surface area contributed by atoms with Crippen molar-refractivity contribution in [2.75, 3.05) is 12.9 Å². The molecule has 0 fully saturated rings. The van der Waals surface area contributed by atoms with E-state index in [0.29, 0.717) is 11.3 Å². The van der Waals surface area contributed by atoms with Crippen LogP contribution in [-0.2, 0) is 9.53 Å². The first kappa shape index (κ1) is 8.56. The van der Waals surface area contributed by atoms with Gasteiger partial charge in [-0.15, -0.1) is 0 Å². The largest absolute Gasteiger partial charge is 0.466 e. The number of ether oxygens (including phenoxy) is 1. The van der Waals surface area contributed by atoms with E-state index in [-0.39, 0.29) is 5.97 Å². The van der Waals surface area contributed by atoms with Crippen LogP contribution in [0.2, 0.25) is 0 Å². The van der Waals surface area contributed by atoms with Crippen LogP contribution < -0.4 is 0 Å². The molecule has 2 nitrogen and oxygen atoms in total. The molecule has 0 bridgehead atoms. The van der Waals surface area contributed by atoms with Gasteiger partial charge in [0.1, 0.15) is 0 Å². The first-order valence-corrected chi connectivity index (χ1v) is 3.21. The maximum absolute atomic E-state index is 10.6. The van der Waals surface area contributed by atoms with E-state index >= 15 is 0 Å². The number of esters is 1. The van der Waals surface area contributed by atoms with Gasteiger partial charge in [-0.25, -0.2) is 4.79 Å². The summed E-state index contributed by atoms with van der Waals surface area (Å²) in [5.74, 6) is 0.282. The maximum atomic E-state index is 10.6. The van der Waals surface area contributed by atoms with Gasteiger partial charge in [0.2, 0.25) is 0 Å². The van der Waals surface area contributed by atoms with Gasteiger partial charge in [-0.05, 0) is 6.92 Å². The van der Waals surface area contributed by atoms with E-state index in [1.54, 1.807) is 13.0 Å². The Kier molecular flexibility index (Phi) is 4.22. The molecule has 0 saturated carbocycles.